The van der Waals surface area contributed by atoms with Crippen molar-refractivity contribution < 1.29 is 13.6 Å². The van der Waals surface area contributed by atoms with Gasteiger partial charge in [0.15, 0.2) is 0 Å². The molecule has 0 aromatic heterocycles. The number of carbonyl (C=O) groups is 1. The first kappa shape index (κ1) is 13.5. The van der Waals surface area contributed by atoms with Crippen LogP contribution in [0, 0.1) is 11.6 Å². The standard InChI is InChI=1S/C15H18F2N2O/c1-3-15(2)14(20)19(10-5-6-10)13(18-15)11-7-4-9(16)8-12(11)17/h4,7-8,10,13,18H,3,5-6H2,1-2H3. The van der Waals surface area contributed by atoms with Crippen molar-refractivity contribution in [3.63, 3.8) is 0 Å². The Balaban J connectivity index is 2.00. The van der Waals surface area contributed by atoms with Crippen molar-refractivity contribution in [1.82, 2.24) is 10.2 Å². The van der Waals surface area contributed by atoms with Gasteiger partial charge in [-0.15, -0.1) is 0 Å². The van der Waals surface area contributed by atoms with Crippen LogP contribution in [0.2, 0.25) is 0 Å². The van der Waals surface area contributed by atoms with Crippen LogP contribution in [0.3, 0.4) is 0 Å². The number of hydrogen-bond acceptors (Lipinski definition) is 2. The fourth-order valence-corrected chi connectivity index (χ4v) is 2.77. The summed E-state index contributed by atoms with van der Waals surface area (Å²) in [5.41, 5.74) is -0.336. The highest BCUT2D eigenvalue weighted by atomic mass is 19.1. The first-order valence-electron chi connectivity index (χ1n) is 7.01. The maximum atomic E-state index is 14.0. The first-order chi connectivity index (χ1) is 9.46. The average molecular weight is 280 g/mol. The number of benzene rings is 1. The second-order valence-electron chi connectivity index (χ2n) is 5.84. The minimum Gasteiger partial charge on any atom is -0.318 e. The van der Waals surface area contributed by atoms with Gasteiger partial charge in [-0.05, 0) is 38.3 Å². The number of rotatable bonds is 3. The van der Waals surface area contributed by atoms with E-state index in [1.54, 1.807) is 4.90 Å². The molecule has 1 amide bonds. The van der Waals surface area contributed by atoms with Crippen LogP contribution in [0.15, 0.2) is 18.2 Å². The summed E-state index contributed by atoms with van der Waals surface area (Å²) in [4.78, 5) is 14.3. The van der Waals surface area contributed by atoms with Gasteiger partial charge < -0.3 is 4.90 Å². The van der Waals surface area contributed by atoms with Crippen molar-refractivity contribution in [3.05, 3.63) is 35.4 Å². The van der Waals surface area contributed by atoms with E-state index in [9.17, 15) is 13.6 Å². The summed E-state index contributed by atoms with van der Waals surface area (Å²) in [6, 6.07) is 3.70. The molecule has 3 nitrogen and oxygen atoms in total. The number of nitrogens with one attached hydrogen (secondary N) is 1. The normalized spacial score (nSPS) is 30.1. The maximum Gasteiger partial charge on any atom is 0.244 e. The Morgan fingerprint density at radius 3 is 2.65 bits per heavy atom. The maximum absolute atomic E-state index is 14.0. The molecule has 0 spiro atoms. The number of nitrogens with zero attached hydrogens (tertiary/aromatic N) is 1. The Bertz CT molecular complexity index is 559. The van der Waals surface area contributed by atoms with Crippen LogP contribution in [0.1, 0.15) is 44.8 Å². The average Bonchev–Trinajstić information content (AvgIpc) is 3.19. The number of halogens is 2. The summed E-state index contributed by atoms with van der Waals surface area (Å²) in [7, 11) is 0. The monoisotopic (exact) mass is 280 g/mol. The molecule has 0 radical (unpaired) electrons. The fourth-order valence-electron chi connectivity index (χ4n) is 2.77. The zero-order valence-corrected chi connectivity index (χ0v) is 11.6. The molecule has 1 aromatic carbocycles. The number of amides is 1. The molecule has 2 fully saturated rings. The molecule has 2 atom stereocenters. The van der Waals surface area contributed by atoms with Crippen LogP contribution in [0.5, 0.6) is 0 Å². The molecule has 1 saturated carbocycles. The van der Waals surface area contributed by atoms with Crippen LogP contribution in [0.25, 0.3) is 0 Å². The summed E-state index contributed by atoms with van der Waals surface area (Å²) in [5, 5.41) is 3.23. The van der Waals surface area contributed by atoms with E-state index < -0.39 is 23.3 Å². The lowest BCUT2D eigenvalue weighted by Crippen LogP contribution is -2.43. The molecule has 0 bridgehead atoms. The van der Waals surface area contributed by atoms with Crippen molar-refractivity contribution in [2.45, 2.75) is 50.9 Å². The molecule has 1 aromatic rings. The Morgan fingerprint density at radius 1 is 1.40 bits per heavy atom. The van der Waals surface area contributed by atoms with Crippen molar-refractivity contribution in [2.24, 2.45) is 0 Å². The molecule has 2 aliphatic rings. The summed E-state index contributed by atoms with van der Waals surface area (Å²) < 4.78 is 27.1. The smallest absolute Gasteiger partial charge is 0.244 e. The summed E-state index contributed by atoms with van der Waals surface area (Å²) in [5.74, 6) is -1.20. The minimum atomic E-state index is -0.673. The fraction of sp³-hybridized carbons (Fsp3) is 0.533. The molecule has 20 heavy (non-hydrogen) atoms. The van der Waals surface area contributed by atoms with E-state index in [1.165, 1.54) is 12.1 Å². The van der Waals surface area contributed by atoms with Crippen LogP contribution in [0.4, 0.5) is 8.78 Å². The molecule has 1 heterocycles. The first-order valence-corrected chi connectivity index (χ1v) is 7.01. The van der Waals surface area contributed by atoms with Crippen molar-refractivity contribution in [2.75, 3.05) is 0 Å². The van der Waals surface area contributed by atoms with Gasteiger partial charge >= 0.3 is 0 Å². The second kappa shape index (κ2) is 4.52. The highest BCUT2D eigenvalue weighted by molar-refractivity contribution is 5.89. The largest absolute Gasteiger partial charge is 0.318 e. The molecular weight excluding hydrogens is 262 g/mol. The number of hydrogen-bond donors (Lipinski definition) is 1. The molecule has 1 aliphatic heterocycles. The van der Waals surface area contributed by atoms with E-state index in [2.05, 4.69) is 5.32 Å². The van der Waals surface area contributed by atoms with Gasteiger partial charge in [-0.1, -0.05) is 6.92 Å². The van der Waals surface area contributed by atoms with Gasteiger partial charge in [0, 0.05) is 17.7 Å². The minimum absolute atomic E-state index is 0.0104. The third-order valence-corrected chi connectivity index (χ3v) is 4.34. The van der Waals surface area contributed by atoms with Crippen LogP contribution in [-0.2, 0) is 4.79 Å². The SMILES string of the molecule is CCC1(C)NC(c2ccc(F)cc2F)N(C2CC2)C1=O. The zero-order chi connectivity index (χ0) is 14.5. The Hall–Kier alpha value is -1.49. The van der Waals surface area contributed by atoms with Crippen LogP contribution in [-0.4, -0.2) is 22.4 Å². The highest BCUT2D eigenvalue weighted by Crippen LogP contribution is 2.41. The van der Waals surface area contributed by atoms with Gasteiger partial charge in [-0.2, -0.15) is 0 Å². The zero-order valence-electron chi connectivity index (χ0n) is 11.6. The van der Waals surface area contributed by atoms with E-state index in [-0.39, 0.29) is 11.9 Å². The van der Waals surface area contributed by atoms with Gasteiger partial charge in [-0.25, -0.2) is 8.78 Å². The van der Waals surface area contributed by atoms with E-state index >= 15 is 0 Å². The number of carbonyl (C=O) groups excluding carboxylic acids is 1. The second-order valence-corrected chi connectivity index (χ2v) is 5.84. The predicted octanol–water partition coefficient (Wildman–Crippen LogP) is 2.73. The third kappa shape index (κ3) is 2.00. The Morgan fingerprint density at radius 2 is 2.10 bits per heavy atom. The highest BCUT2D eigenvalue weighted by Gasteiger charge is 2.52. The van der Waals surface area contributed by atoms with Crippen LogP contribution < -0.4 is 5.32 Å². The Kier molecular flexibility index (Phi) is 3.05. The van der Waals surface area contributed by atoms with E-state index in [0.29, 0.717) is 12.0 Å². The van der Waals surface area contributed by atoms with Gasteiger partial charge in [-0.3, -0.25) is 10.1 Å². The summed E-state index contributed by atoms with van der Waals surface area (Å²) in [6.07, 6.45) is 2.04. The van der Waals surface area contributed by atoms with Crippen molar-refractivity contribution >= 4 is 5.91 Å². The lowest BCUT2D eigenvalue weighted by atomic mass is 9.99. The van der Waals surface area contributed by atoms with Gasteiger partial charge in [0.1, 0.15) is 17.8 Å². The van der Waals surface area contributed by atoms with Gasteiger partial charge in [0.25, 0.3) is 0 Å². The van der Waals surface area contributed by atoms with Gasteiger partial charge in [0.05, 0.1) is 5.54 Å². The molecule has 3 rings (SSSR count). The van der Waals surface area contributed by atoms with Crippen LogP contribution >= 0.6 is 0 Å². The molecule has 5 heteroatoms. The quantitative estimate of drug-likeness (QED) is 0.923. The van der Waals surface area contributed by atoms with E-state index in [0.717, 1.165) is 18.9 Å². The van der Waals surface area contributed by atoms with E-state index in [1.807, 2.05) is 13.8 Å². The third-order valence-electron chi connectivity index (χ3n) is 4.34. The summed E-state index contributed by atoms with van der Waals surface area (Å²) in [6.45, 7) is 3.77. The summed E-state index contributed by atoms with van der Waals surface area (Å²) >= 11 is 0. The van der Waals surface area contributed by atoms with Crippen molar-refractivity contribution in [3.8, 4) is 0 Å². The molecule has 1 N–H and O–H groups in total. The molecule has 108 valence electrons. The lowest BCUT2D eigenvalue weighted by molar-refractivity contribution is -0.133. The lowest BCUT2D eigenvalue weighted by Gasteiger charge is -2.24. The van der Waals surface area contributed by atoms with Gasteiger partial charge in [0.2, 0.25) is 5.91 Å². The van der Waals surface area contributed by atoms with Crippen molar-refractivity contribution in [1.29, 1.82) is 0 Å². The molecular formula is C15H18F2N2O. The molecule has 1 saturated heterocycles. The molecule has 2 unspecified atom stereocenters. The molecule has 1 aliphatic carbocycles. The van der Waals surface area contributed by atoms with E-state index in [4.69, 9.17) is 0 Å². The Labute approximate surface area is 117 Å². The topological polar surface area (TPSA) is 32.3 Å². The predicted molar refractivity (Wildman–Crippen MR) is 70.8 cm³/mol.